The summed E-state index contributed by atoms with van der Waals surface area (Å²) in [5.74, 6) is 0.665. The minimum Gasteiger partial charge on any atom is -0.493 e. The summed E-state index contributed by atoms with van der Waals surface area (Å²) >= 11 is 3.37. The Hall–Kier alpha value is -4.05. The summed E-state index contributed by atoms with van der Waals surface area (Å²) in [4.78, 5) is 23.7. The molecule has 0 aliphatic rings. The number of amides is 2. The number of methoxy groups -OCH3 is 1. The second kappa shape index (κ2) is 13.1. The number of rotatable bonds is 12. The summed E-state index contributed by atoms with van der Waals surface area (Å²) < 4.78 is 22.8. The molecule has 0 fully saturated rings. The molecule has 9 nitrogen and oxygen atoms in total. The van der Waals surface area contributed by atoms with E-state index in [9.17, 15) is 9.59 Å². The first-order valence-corrected chi connectivity index (χ1v) is 11.8. The molecule has 0 radical (unpaired) electrons. The van der Waals surface area contributed by atoms with Gasteiger partial charge >= 0.3 is 0 Å². The highest BCUT2D eigenvalue weighted by atomic mass is 79.9. The number of ether oxygens (including phenoxy) is 4. The van der Waals surface area contributed by atoms with Gasteiger partial charge in [-0.25, -0.2) is 5.43 Å². The molecule has 0 unspecified atom stereocenters. The lowest BCUT2D eigenvalue weighted by Crippen LogP contribution is -2.20. The number of nitrogens with one attached hydrogen (secondary N) is 1. The standard InChI is InChI=1S/C26H26BrN3O6/c1-3-34-22-13-19(9-10-21(22)35-15-17-7-5-4-6-8-17)26(32)30-29-14-18-11-20(27)25(23(12-18)33-2)36-16-24(28)31/h4-14H,3,15-16H2,1-2H3,(H2,28,31)(H,30,32)/b29-14+. The van der Waals surface area contributed by atoms with Crippen molar-refractivity contribution in [1.82, 2.24) is 5.43 Å². The van der Waals surface area contributed by atoms with Gasteiger partial charge in [-0.15, -0.1) is 0 Å². The van der Waals surface area contributed by atoms with E-state index in [1.807, 2.05) is 37.3 Å². The number of primary amides is 1. The van der Waals surface area contributed by atoms with Crippen molar-refractivity contribution < 1.29 is 28.5 Å². The zero-order valence-corrected chi connectivity index (χ0v) is 21.4. The van der Waals surface area contributed by atoms with Gasteiger partial charge in [-0.2, -0.15) is 5.10 Å². The fourth-order valence-corrected chi connectivity index (χ4v) is 3.67. The number of nitrogens with two attached hydrogens (primary N) is 1. The van der Waals surface area contributed by atoms with Crippen molar-refractivity contribution in [2.45, 2.75) is 13.5 Å². The SMILES string of the molecule is CCOc1cc(C(=O)N/N=C/c2cc(Br)c(OCC(N)=O)c(OC)c2)ccc1OCc1ccccc1. The van der Waals surface area contributed by atoms with Gasteiger partial charge in [-0.1, -0.05) is 30.3 Å². The van der Waals surface area contributed by atoms with Crippen molar-refractivity contribution in [3.63, 3.8) is 0 Å². The van der Waals surface area contributed by atoms with Gasteiger partial charge in [-0.05, 0) is 64.3 Å². The van der Waals surface area contributed by atoms with Crippen LogP contribution < -0.4 is 30.1 Å². The van der Waals surface area contributed by atoms with E-state index in [1.165, 1.54) is 13.3 Å². The lowest BCUT2D eigenvalue weighted by atomic mass is 10.2. The average Bonchev–Trinajstić information content (AvgIpc) is 2.87. The Morgan fingerprint density at radius 2 is 1.78 bits per heavy atom. The molecule has 0 spiro atoms. The minimum atomic E-state index is -0.611. The third kappa shape index (κ3) is 7.47. The van der Waals surface area contributed by atoms with Crippen LogP contribution in [0.2, 0.25) is 0 Å². The number of benzene rings is 3. The monoisotopic (exact) mass is 555 g/mol. The average molecular weight is 556 g/mol. The van der Waals surface area contributed by atoms with E-state index in [1.54, 1.807) is 30.3 Å². The second-order valence-electron chi connectivity index (χ2n) is 7.36. The number of halogens is 1. The number of hydrogen-bond acceptors (Lipinski definition) is 7. The zero-order chi connectivity index (χ0) is 25.9. The van der Waals surface area contributed by atoms with E-state index in [0.29, 0.717) is 51.8 Å². The molecule has 2 amide bonds. The van der Waals surface area contributed by atoms with Gasteiger partial charge < -0.3 is 24.7 Å². The molecule has 0 aliphatic heterocycles. The van der Waals surface area contributed by atoms with Crippen LogP contribution in [0.15, 0.2) is 70.2 Å². The molecule has 3 aromatic carbocycles. The molecule has 0 bridgehead atoms. The first-order chi connectivity index (χ1) is 17.4. The summed E-state index contributed by atoms with van der Waals surface area (Å²) in [5.41, 5.74) is 9.62. The largest absolute Gasteiger partial charge is 0.493 e. The minimum absolute atomic E-state index is 0.293. The van der Waals surface area contributed by atoms with E-state index in [-0.39, 0.29) is 6.61 Å². The first-order valence-electron chi connectivity index (χ1n) is 11.0. The smallest absolute Gasteiger partial charge is 0.271 e. The highest BCUT2D eigenvalue weighted by Crippen LogP contribution is 2.36. The fourth-order valence-electron chi connectivity index (χ4n) is 3.10. The Bertz CT molecular complexity index is 1230. The van der Waals surface area contributed by atoms with Gasteiger partial charge in [0.15, 0.2) is 29.6 Å². The molecule has 3 rings (SSSR count). The Kier molecular flexibility index (Phi) is 9.70. The van der Waals surface area contributed by atoms with Crippen LogP contribution in [0.3, 0.4) is 0 Å². The highest BCUT2D eigenvalue weighted by Gasteiger charge is 2.14. The predicted octanol–water partition coefficient (Wildman–Crippen LogP) is 4.06. The van der Waals surface area contributed by atoms with Gasteiger partial charge in [0, 0.05) is 5.56 Å². The summed E-state index contributed by atoms with van der Waals surface area (Å²) in [6, 6.07) is 18.0. The van der Waals surface area contributed by atoms with Crippen molar-refractivity contribution in [1.29, 1.82) is 0 Å². The Morgan fingerprint density at radius 1 is 1.00 bits per heavy atom. The van der Waals surface area contributed by atoms with Crippen LogP contribution in [0, 0.1) is 0 Å². The van der Waals surface area contributed by atoms with Gasteiger partial charge in [-0.3, -0.25) is 9.59 Å². The maximum Gasteiger partial charge on any atom is 0.271 e. The maximum absolute atomic E-state index is 12.7. The maximum atomic E-state index is 12.7. The lowest BCUT2D eigenvalue weighted by molar-refractivity contribution is -0.119. The molecule has 0 saturated heterocycles. The van der Waals surface area contributed by atoms with E-state index < -0.39 is 11.8 Å². The van der Waals surface area contributed by atoms with Gasteiger partial charge in [0.05, 0.1) is 24.4 Å². The van der Waals surface area contributed by atoms with Crippen LogP contribution in [0.1, 0.15) is 28.4 Å². The first kappa shape index (κ1) is 26.6. The molecule has 3 N–H and O–H groups in total. The number of carbonyl (C=O) groups excluding carboxylic acids is 2. The third-order valence-electron chi connectivity index (χ3n) is 4.73. The normalized spacial score (nSPS) is 10.6. The molecule has 10 heteroatoms. The van der Waals surface area contributed by atoms with Gasteiger partial charge in [0.25, 0.3) is 11.8 Å². The van der Waals surface area contributed by atoms with E-state index in [2.05, 4.69) is 26.5 Å². The number of carbonyl (C=O) groups is 2. The Morgan fingerprint density at radius 3 is 2.47 bits per heavy atom. The summed E-state index contributed by atoms with van der Waals surface area (Å²) in [6.45, 7) is 2.36. The van der Waals surface area contributed by atoms with Crippen LogP contribution >= 0.6 is 15.9 Å². The third-order valence-corrected chi connectivity index (χ3v) is 5.32. The Balaban J connectivity index is 1.68. The van der Waals surface area contributed by atoms with E-state index in [0.717, 1.165) is 5.56 Å². The summed E-state index contributed by atoms with van der Waals surface area (Å²) in [5, 5.41) is 4.02. The van der Waals surface area contributed by atoms with Crippen molar-refractivity contribution in [3.05, 3.63) is 81.8 Å². The number of hydrogen-bond donors (Lipinski definition) is 2. The quantitative estimate of drug-likeness (QED) is 0.256. The van der Waals surface area contributed by atoms with Gasteiger partial charge in [0.1, 0.15) is 6.61 Å². The van der Waals surface area contributed by atoms with Crippen LogP contribution in [-0.2, 0) is 11.4 Å². The van der Waals surface area contributed by atoms with Gasteiger partial charge in [0.2, 0.25) is 0 Å². The Labute approximate surface area is 217 Å². The lowest BCUT2D eigenvalue weighted by Gasteiger charge is -2.13. The molecule has 0 heterocycles. The van der Waals surface area contributed by atoms with Crippen LogP contribution in [0.5, 0.6) is 23.0 Å². The van der Waals surface area contributed by atoms with Crippen molar-refractivity contribution in [3.8, 4) is 23.0 Å². The van der Waals surface area contributed by atoms with E-state index in [4.69, 9.17) is 24.7 Å². The number of hydrazone groups is 1. The summed E-state index contributed by atoms with van der Waals surface area (Å²) in [7, 11) is 1.46. The van der Waals surface area contributed by atoms with Crippen molar-refractivity contribution in [2.75, 3.05) is 20.3 Å². The topological polar surface area (TPSA) is 121 Å². The molecule has 0 saturated carbocycles. The molecule has 0 atom stereocenters. The molecular formula is C26H26BrN3O6. The predicted molar refractivity (Wildman–Crippen MR) is 139 cm³/mol. The van der Waals surface area contributed by atoms with E-state index >= 15 is 0 Å². The summed E-state index contributed by atoms with van der Waals surface area (Å²) in [6.07, 6.45) is 1.45. The second-order valence-corrected chi connectivity index (χ2v) is 8.21. The van der Waals surface area contributed by atoms with Crippen LogP contribution in [0.4, 0.5) is 0 Å². The fraction of sp³-hybridized carbons (Fsp3) is 0.192. The molecular weight excluding hydrogens is 530 g/mol. The molecule has 0 aromatic heterocycles. The molecule has 36 heavy (non-hydrogen) atoms. The van der Waals surface area contributed by atoms with Crippen molar-refractivity contribution >= 4 is 34.0 Å². The number of nitrogens with zero attached hydrogens (tertiary/aromatic N) is 1. The molecule has 0 aliphatic carbocycles. The molecule has 3 aromatic rings. The highest BCUT2D eigenvalue weighted by molar-refractivity contribution is 9.10. The van der Waals surface area contributed by atoms with Crippen molar-refractivity contribution in [2.24, 2.45) is 10.8 Å². The zero-order valence-electron chi connectivity index (χ0n) is 19.8. The molecule has 188 valence electrons. The van der Waals surface area contributed by atoms with Crippen LogP contribution in [-0.4, -0.2) is 38.4 Å². The van der Waals surface area contributed by atoms with Crippen LogP contribution in [0.25, 0.3) is 0 Å².